The number of piperidine rings is 1. The molecule has 1 heterocycles. The van der Waals surface area contributed by atoms with Gasteiger partial charge in [-0.25, -0.2) is 4.79 Å². The third-order valence-corrected chi connectivity index (χ3v) is 3.77. The van der Waals surface area contributed by atoms with Crippen molar-refractivity contribution in [1.82, 2.24) is 4.90 Å². The molecule has 5 nitrogen and oxygen atoms in total. The Hall–Kier alpha value is -1.75. The normalized spacial score (nSPS) is 24.1. The SMILES string of the molecule is CC1CN(C)CCC1Nc1c(N)cccc1C(=O)O. The molecule has 2 rings (SSSR count). The van der Waals surface area contributed by atoms with Crippen LogP contribution in [0.1, 0.15) is 23.7 Å². The molecule has 1 aliphatic heterocycles. The van der Waals surface area contributed by atoms with Crippen LogP contribution in [0.25, 0.3) is 0 Å². The van der Waals surface area contributed by atoms with Crippen LogP contribution < -0.4 is 11.1 Å². The van der Waals surface area contributed by atoms with Crippen molar-refractivity contribution in [3.8, 4) is 0 Å². The molecule has 0 radical (unpaired) electrons. The van der Waals surface area contributed by atoms with Gasteiger partial charge >= 0.3 is 5.97 Å². The maximum Gasteiger partial charge on any atom is 0.337 e. The third-order valence-electron chi connectivity index (χ3n) is 3.77. The summed E-state index contributed by atoms with van der Waals surface area (Å²) in [6.07, 6.45) is 0.991. The summed E-state index contributed by atoms with van der Waals surface area (Å²) in [6, 6.07) is 5.25. The average Bonchev–Trinajstić information content (AvgIpc) is 2.34. The van der Waals surface area contributed by atoms with Crippen LogP contribution in [0.2, 0.25) is 0 Å². The highest BCUT2D eigenvalue weighted by molar-refractivity contribution is 5.97. The van der Waals surface area contributed by atoms with E-state index in [1.165, 1.54) is 0 Å². The molecule has 0 aliphatic carbocycles. The van der Waals surface area contributed by atoms with E-state index in [0.29, 0.717) is 17.3 Å². The Balaban J connectivity index is 2.21. The number of anilines is 2. The first-order valence-corrected chi connectivity index (χ1v) is 6.56. The summed E-state index contributed by atoms with van der Waals surface area (Å²) >= 11 is 0. The van der Waals surface area contributed by atoms with Crippen molar-refractivity contribution >= 4 is 17.3 Å². The number of carbonyl (C=O) groups is 1. The zero-order chi connectivity index (χ0) is 14.0. The zero-order valence-electron chi connectivity index (χ0n) is 11.4. The fourth-order valence-corrected chi connectivity index (χ4v) is 2.66. The molecule has 5 heteroatoms. The first-order chi connectivity index (χ1) is 8.99. The molecule has 19 heavy (non-hydrogen) atoms. The molecule has 1 aromatic rings. The minimum Gasteiger partial charge on any atom is -0.478 e. The Morgan fingerprint density at radius 1 is 1.53 bits per heavy atom. The van der Waals surface area contributed by atoms with Gasteiger partial charge in [-0.05, 0) is 38.1 Å². The number of likely N-dealkylation sites (tertiary alicyclic amines) is 1. The maximum atomic E-state index is 11.2. The fraction of sp³-hybridized carbons (Fsp3) is 0.500. The molecule has 1 fully saturated rings. The molecule has 104 valence electrons. The number of nitrogens with two attached hydrogens (primary N) is 1. The molecule has 0 aromatic heterocycles. The third kappa shape index (κ3) is 2.98. The second-order valence-corrected chi connectivity index (χ2v) is 5.35. The molecule has 0 spiro atoms. The van der Waals surface area contributed by atoms with Gasteiger partial charge in [0.05, 0.1) is 16.9 Å². The lowest BCUT2D eigenvalue weighted by molar-refractivity contribution is 0.0698. The number of hydrogen-bond acceptors (Lipinski definition) is 4. The highest BCUT2D eigenvalue weighted by atomic mass is 16.4. The number of rotatable bonds is 3. The van der Waals surface area contributed by atoms with Crippen LogP contribution in [0.3, 0.4) is 0 Å². The molecule has 1 aromatic carbocycles. The number of nitrogen functional groups attached to an aromatic ring is 1. The molecular formula is C14H21N3O2. The van der Waals surface area contributed by atoms with Crippen molar-refractivity contribution in [3.05, 3.63) is 23.8 Å². The molecule has 2 unspecified atom stereocenters. The average molecular weight is 263 g/mol. The number of nitrogens with one attached hydrogen (secondary N) is 1. The van der Waals surface area contributed by atoms with Crippen LogP contribution in [0, 0.1) is 5.92 Å². The molecule has 1 aliphatic rings. The first-order valence-electron chi connectivity index (χ1n) is 6.56. The van der Waals surface area contributed by atoms with Gasteiger partial charge in [0.1, 0.15) is 0 Å². The summed E-state index contributed by atoms with van der Waals surface area (Å²) < 4.78 is 0. The molecule has 4 N–H and O–H groups in total. The Morgan fingerprint density at radius 3 is 2.89 bits per heavy atom. The fourth-order valence-electron chi connectivity index (χ4n) is 2.66. The van der Waals surface area contributed by atoms with Gasteiger partial charge in [0.2, 0.25) is 0 Å². The minimum absolute atomic E-state index is 0.242. The van der Waals surface area contributed by atoms with Crippen LogP contribution >= 0.6 is 0 Å². The van der Waals surface area contributed by atoms with E-state index in [1.54, 1.807) is 18.2 Å². The zero-order valence-corrected chi connectivity index (χ0v) is 11.4. The van der Waals surface area contributed by atoms with Crippen molar-refractivity contribution in [3.63, 3.8) is 0 Å². The van der Waals surface area contributed by atoms with Gasteiger partial charge < -0.3 is 21.1 Å². The van der Waals surface area contributed by atoms with E-state index in [-0.39, 0.29) is 11.6 Å². The van der Waals surface area contributed by atoms with Crippen molar-refractivity contribution in [2.24, 2.45) is 5.92 Å². The van der Waals surface area contributed by atoms with Gasteiger partial charge in [0.15, 0.2) is 0 Å². The predicted molar refractivity (Wildman–Crippen MR) is 76.5 cm³/mol. The Labute approximate surface area is 113 Å². The number of hydrogen-bond donors (Lipinski definition) is 3. The summed E-state index contributed by atoms with van der Waals surface area (Å²) in [5, 5.41) is 12.6. The Bertz CT molecular complexity index is 476. The Kier molecular flexibility index (Phi) is 3.95. The first kappa shape index (κ1) is 13.7. The van der Waals surface area contributed by atoms with Gasteiger partial charge in [-0.1, -0.05) is 13.0 Å². The number of aromatic carboxylic acids is 1. The lowest BCUT2D eigenvalue weighted by atomic mass is 9.93. The van der Waals surface area contributed by atoms with E-state index in [2.05, 4.69) is 24.2 Å². The second kappa shape index (κ2) is 5.48. The topological polar surface area (TPSA) is 78.6 Å². The van der Waals surface area contributed by atoms with Crippen LogP contribution in [0.15, 0.2) is 18.2 Å². The lowest BCUT2D eigenvalue weighted by Gasteiger charge is -2.36. The summed E-state index contributed by atoms with van der Waals surface area (Å²) in [5.74, 6) is -0.490. The molecule has 0 amide bonds. The highest BCUT2D eigenvalue weighted by Gasteiger charge is 2.25. The molecule has 1 saturated heterocycles. The molecule has 0 bridgehead atoms. The monoisotopic (exact) mass is 263 g/mol. The number of benzene rings is 1. The number of carboxylic acids is 1. The van der Waals surface area contributed by atoms with E-state index in [9.17, 15) is 9.90 Å². The smallest absolute Gasteiger partial charge is 0.337 e. The summed E-state index contributed by atoms with van der Waals surface area (Å²) in [4.78, 5) is 13.5. The highest BCUT2D eigenvalue weighted by Crippen LogP contribution is 2.28. The number of carboxylic acid groups (broad SMARTS) is 1. The van der Waals surface area contributed by atoms with Gasteiger partial charge in [-0.15, -0.1) is 0 Å². The number of nitrogens with zero attached hydrogens (tertiary/aromatic N) is 1. The van der Waals surface area contributed by atoms with Gasteiger partial charge in [-0.3, -0.25) is 0 Å². The minimum atomic E-state index is -0.949. The summed E-state index contributed by atoms with van der Waals surface area (Å²) in [6.45, 7) is 4.19. The lowest BCUT2D eigenvalue weighted by Crippen LogP contribution is -2.43. The van der Waals surface area contributed by atoms with E-state index in [1.807, 2.05) is 0 Å². The maximum absolute atomic E-state index is 11.2. The molecule has 2 atom stereocenters. The van der Waals surface area contributed by atoms with E-state index in [0.717, 1.165) is 19.5 Å². The van der Waals surface area contributed by atoms with Crippen LogP contribution in [-0.4, -0.2) is 42.2 Å². The van der Waals surface area contributed by atoms with Crippen molar-refractivity contribution in [1.29, 1.82) is 0 Å². The van der Waals surface area contributed by atoms with E-state index in [4.69, 9.17) is 5.73 Å². The summed E-state index contributed by atoms with van der Waals surface area (Å²) in [5.41, 5.74) is 7.20. The second-order valence-electron chi connectivity index (χ2n) is 5.35. The van der Waals surface area contributed by atoms with Crippen molar-refractivity contribution < 1.29 is 9.90 Å². The van der Waals surface area contributed by atoms with Gasteiger partial charge in [-0.2, -0.15) is 0 Å². The van der Waals surface area contributed by atoms with Crippen LogP contribution in [0.5, 0.6) is 0 Å². The van der Waals surface area contributed by atoms with Crippen molar-refractivity contribution in [2.45, 2.75) is 19.4 Å². The standard InChI is InChI=1S/C14H21N3O2/c1-9-8-17(2)7-6-12(9)16-13-10(14(18)19)4-3-5-11(13)15/h3-5,9,12,16H,6-8,15H2,1-2H3,(H,18,19). The predicted octanol–water partition coefficient (Wildman–Crippen LogP) is 1.72. The quantitative estimate of drug-likeness (QED) is 0.724. The van der Waals surface area contributed by atoms with Crippen LogP contribution in [-0.2, 0) is 0 Å². The van der Waals surface area contributed by atoms with E-state index < -0.39 is 5.97 Å². The largest absolute Gasteiger partial charge is 0.478 e. The molecule has 0 saturated carbocycles. The van der Waals surface area contributed by atoms with Crippen LogP contribution in [0.4, 0.5) is 11.4 Å². The van der Waals surface area contributed by atoms with E-state index >= 15 is 0 Å². The van der Waals surface area contributed by atoms with Gasteiger partial charge in [0, 0.05) is 12.6 Å². The summed E-state index contributed by atoms with van der Waals surface area (Å²) in [7, 11) is 2.10. The van der Waals surface area contributed by atoms with Crippen molar-refractivity contribution in [2.75, 3.05) is 31.2 Å². The Morgan fingerprint density at radius 2 is 2.26 bits per heavy atom. The molecular weight excluding hydrogens is 242 g/mol. The van der Waals surface area contributed by atoms with Gasteiger partial charge in [0.25, 0.3) is 0 Å². The number of para-hydroxylation sites is 1.